The van der Waals surface area contributed by atoms with Gasteiger partial charge in [-0.3, -0.25) is 9.55 Å². The first-order chi connectivity index (χ1) is 30.0. The van der Waals surface area contributed by atoms with E-state index in [1.54, 1.807) is 0 Å². The number of imidazole rings is 1. The Morgan fingerprint density at radius 2 is 1.21 bits per heavy atom. The highest BCUT2D eigenvalue weighted by atomic mass is 16.3. The van der Waals surface area contributed by atoms with Crippen LogP contribution >= 0.6 is 0 Å². The Balaban J connectivity index is 1.46. The second-order valence-electron chi connectivity index (χ2n) is 19.8. The van der Waals surface area contributed by atoms with E-state index < -0.39 is 12.3 Å². The molecule has 1 N–H and O–H groups in total. The summed E-state index contributed by atoms with van der Waals surface area (Å²) in [7, 11) is 0. The van der Waals surface area contributed by atoms with Crippen LogP contribution in [0.4, 0.5) is 0 Å². The summed E-state index contributed by atoms with van der Waals surface area (Å²) in [6.07, 6.45) is 1.88. The fourth-order valence-corrected chi connectivity index (χ4v) is 8.40. The van der Waals surface area contributed by atoms with Gasteiger partial charge in [-0.25, -0.2) is 4.98 Å². The highest BCUT2D eigenvalue weighted by Crippen LogP contribution is 2.45. The number of para-hydroxylation sites is 1. The molecule has 308 valence electrons. The molecule has 2 heterocycles. The molecule has 0 aliphatic carbocycles. The summed E-state index contributed by atoms with van der Waals surface area (Å²) < 4.78 is 28.6. The van der Waals surface area contributed by atoms with Crippen LogP contribution in [-0.2, 0) is 16.2 Å². The normalized spacial score (nSPS) is 13.3. The second-order valence-corrected chi connectivity index (χ2v) is 19.8. The topological polar surface area (TPSA) is 50.9 Å². The number of rotatable bonds is 6. The van der Waals surface area contributed by atoms with Crippen molar-refractivity contribution in [3.05, 3.63) is 167 Å². The van der Waals surface area contributed by atoms with E-state index in [0.29, 0.717) is 22.6 Å². The molecule has 6 aromatic carbocycles. The molecule has 4 heteroatoms. The quantitative estimate of drug-likeness (QED) is 0.182. The first-order valence-corrected chi connectivity index (χ1v) is 21.3. The van der Waals surface area contributed by atoms with Crippen molar-refractivity contribution in [1.82, 2.24) is 14.5 Å². The summed E-state index contributed by atoms with van der Waals surface area (Å²) in [5.41, 5.74) is 14.8. The summed E-state index contributed by atoms with van der Waals surface area (Å²) in [5.74, 6) is 0.594. The first-order valence-electron chi connectivity index (χ1n) is 22.8. The smallest absolute Gasteiger partial charge is 0.149 e. The third-order valence-corrected chi connectivity index (χ3v) is 11.8. The van der Waals surface area contributed by atoms with Gasteiger partial charge in [0.2, 0.25) is 0 Å². The number of pyridine rings is 1. The minimum Gasteiger partial charge on any atom is -0.507 e. The number of fused-ring (bicyclic) bond motifs is 1. The third-order valence-electron chi connectivity index (χ3n) is 11.8. The maximum absolute atomic E-state index is 12.4. The highest BCUT2D eigenvalue weighted by molar-refractivity contribution is 5.98. The third kappa shape index (κ3) is 8.16. The highest BCUT2D eigenvalue weighted by Gasteiger charge is 2.29. The van der Waals surface area contributed by atoms with Crippen LogP contribution in [0.3, 0.4) is 0 Å². The zero-order valence-corrected chi connectivity index (χ0v) is 37.5. The van der Waals surface area contributed by atoms with Gasteiger partial charge in [-0.1, -0.05) is 152 Å². The van der Waals surface area contributed by atoms with E-state index in [1.165, 1.54) is 11.1 Å². The molecule has 8 aromatic rings. The van der Waals surface area contributed by atoms with Crippen LogP contribution in [0.2, 0.25) is 0 Å². The Morgan fingerprint density at radius 3 is 1.89 bits per heavy atom. The maximum Gasteiger partial charge on any atom is 0.149 e. The molecular formula is C57H59N3O. The Morgan fingerprint density at radius 1 is 0.541 bits per heavy atom. The van der Waals surface area contributed by atoms with E-state index in [9.17, 15) is 5.11 Å². The molecule has 0 saturated carbocycles. The van der Waals surface area contributed by atoms with E-state index in [4.69, 9.17) is 14.1 Å². The average Bonchev–Trinajstić information content (AvgIpc) is 3.61. The van der Waals surface area contributed by atoms with Gasteiger partial charge in [0, 0.05) is 27.0 Å². The predicted octanol–water partition coefficient (Wildman–Crippen LogP) is 15.3. The molecule has 0 aliphatic rings. The fraction of sp³-hybridized carbons (Fsp3) is 0.263. The van der Waals surface area contributed by atoms with Crippen molar-refractivity contribution in [3.8, 4) is 67.5 Å². The van der Waals surface area contributed by atoms with Crippen molar-refractivity contribution in [2.24, 2.45) is 0 Å². The number of aromatic nitrogens is 3. The van der Waals surface area contributed by atoms with Gasteiger partial charge in [-0.15, -0.1) is 0 Å². The molecule has 0 bridgehead atoms. The first kappa shape index (κ1) is 37.7. The van der Waals surface area contributed by atoms with Gasteiger partial charge in [-0.2, -0.15) is 0 Å². The molecule has 0 atom stereocenters. The van der Waals surface area contributed by atoms with Crippen molar-refractivity contribution >= 4 is 11.0 Å². The van der Waals surface area contributed by atoms with Gasteiger partial charge in [0.1, 0.15) is 11.6 Å². The summed E-state index contributed by atoms with van der Waals surface area (Å²) in [6.45, 7) is 20.9. The van der Waals surface area contributed by atoms with Crippen LogP contribution in [0, 0.1) is 20.7 Å². The van der Waals surface area contributed by atoms with Gasteiger partial charge >= 0.3 is 0 Å². The van der Waals surface area contributed by atoms with Crippen molar-refractivity contribution in [2.75, 3.05) is 0 Å². The minimum absolute atomic E-state index is 0.128. The lowest BCUT2D eigenvalue weighted by atomic mass is 9.79. The standard InChI is InChI=1S/C57H59N3O/c1-35-25-36(2)27-40(26-35)39-23-24-58-49(32-39)43-30-41(38-17-14-13-15-18-38)29-42(31-43)46-19-16-20-51-52(46)59-54(60(51)50-22-21-44(28-37(50)3)55(4,5)6)47-33-45(56(7,8)9)34-48(53(47)61)57(10,11)12/h13-34,61H,1-12H3/i3D3. The van der Waals surface area contributed by atoms with Crippen molar-refractivity contribution in [2.45, 2.75) is 99.3 Å². The molecule has 0 fully saturated rings. The number of phenolic OH excluding ortho intramolecular Hbond substituents is 1. The fourth-order valence-electron chi connectivity index (χ4n) is 8.40. The molecule has 2 aromatic heterocycles. The van der Waals surface area contributed by atoms with Gasteiger partial charge < -0.3 is 5.11 Å². The van der Waals surface area contributed by atoms with Crippen LogP contribution in [0.15, 0.2) is 134 Å². The number of hydrogen-bond acceptors (Lipinski definition) is 3. The molecule has 0 spiro atoms. The van der Waals surface area contributed by atoms with Gasteiger partial charge in [-0.05, 0) is 130 Å². The lowest BCUT2D eigenvalue weighted by Crippen LogP contribution is -2.17. The Bertz CT molecular complexity index is 3040. The molecule has 61 heavy (non-hydrogen) atoms. The van der Waals surface area contributed by atoms with Crippen LogP contribution in [0.1, 0.15) is 99.8 Å². The monoisotopic (exact) mass is 804 g/mol. The van der Waals surface area contributed by atoms with E-state index >= 15 is 0 Å². The molecule has 0 radical (unpaired) electrons. The maximum atomic E-state index is 12.4. The van der Waals surface area contributed by atoms with Crippen LogP contribution in [0.25, 0.3) is 72.7 Å². The van der Waals surface area contributed by atoms with Crippen LogP contribution < -0.4 is 0 Å². The summed E-state index contributed by atoms with van der Waals surface area (Å²) >= 11 is 0. The molecule has 4 nitrogen and oxygen atoms in total. The Labute approximate surface area is 367 Å². The van der Waals surface area contributed by atoms with Gasteiger partial charge in [0.15, 0.2) is 0 Å². The average molecular weight is 805 g/mol. The molecule has 0 saturated heterocycles. The van der Waals surface area contributed by atoms with Gasteiger partial charge in [0.05, 0.1) is 28.0 Å². The number of phenols is 1. The summed E-state index contributed by atoms with van der Waals surface area (Å²) in [5, 5.41) is 12.4. The zero-order valence-electron chi connectivity index (χ0n) is 40.5. The Hall–Kier alpha value is -6.26. The van der Waals surface area contributed by atoms with E-state index in [2.05, 4.69) is 149 Å². The van der Waals surface area contributed by atoms with E-state index in [-0.39, 0.29) is 22.1 Å². The number of hydrogen-bond donors (Lipinski definition) is 1. The second kappa shape index (κ2) is 15.3. The largest absolute Gasteiger partial charge is 0.507 e. The molecule has 8 rings (SSSR count). The van der Waals surface area contributed by atoms with Crippen LogP contribution in [-0.4, -0.2) is 19.6 Å². The number of benzene rings is 6. The molecule has 0 aliphatic heterocycles. The predicted molar refractivity (Wildman–Crippen MR) is 258 cm³/mol. The molecular weight excluding hydrogens is 743 g/mol. The number of nitrogens with zero attached hydrogens (tertiary/aromatic N) is 3. The summed E-state index contributed by atoms with van der Waals surface area (Å²) in [6, 6.07) is 43.7. The zero-order chi connectivity index (χ0) is 46.1. The van der Waals surface area contributed by atoms with E-state index in [0.717, 1.165) is 66.8 Å². The minimum atomic E-state index is -2.45. The summed E-state index contributed by atoms with van der Waals surface area (Å²) in [4.78, 5) is 10.4. The van der Waals surface area contributed by atoms with Crippen molar-refractivity contribution in [3.63, 3.8) is 0 Å². The lowest BCUT2D eigenvalue weighted by molar-refractivity contribution is 0.446. The lowest BCUT2D eigenvalue weighted by Gasteiger charge is -2.27. The number of aromatic hydroxyl groups is 1. The van der Waals surface area contributed by atoms with Crippen molar-refractivity contribution < 1.29 is 9.22 Å². The van der Waals surface area contributed by atoms with Gasteiger partial charge in [0.25, 0.3) is 0 Å². The van der Waals surface area contributed by atoms with Crippen LogP contribution in [0.5, 0.6) is 5.75 Å². The number of aryl methyl sites for hydroxylation is 3. The SMILES string of the molecule is [2H]C([2H])([2H])c1cc(C(C)(C)C)ccc1-n1c(-c2cc(C(C)(C)C)cc(C(C)(C)C)c2O)nc2c(-c3cc(-c4ccccc4)cc(-c4cc(-c5cc(C)cc(C)c5)ccn4)c3)cccc21. The van der Waals surface area contributed by atoms with E-state index in [1.807, 2.05) is 65.4 Å². The Kier molecular flexibility index (Phi) is 9.48. The molecule has 0 unspecified atom stereocenters. The van der Waals surface area contributed by atoms with Crippen molar-refractivity contribution in [1.29, 1.82) is 0 Å². The molecule has 0 amide bonds.